The SMILES string of the molecule is CCOC(=O)c1cc2c(cc1F)OCO2. The molecule has 0 saturated heterocycles. The number of fused-ring (bicyclic) bond motifs is 1. The van der Waals surface area contributed by atoms with Gasteiger partial charge in [0.1, 0.15) is 5.82 Å². The lowest BCUT2D eigenvalue weighted by molar-refractivity contribution is 0.0520. The minimum absolute atomic E-state index is 0.0427. The van der Waals surface area contributed by atoms with Crippen LogP contribution < -0.4 is 9.47 Å². The molecule has 0 N–H and O–H groups in total. The van der Waals surface area contributed by atoms with E-state index in [9.17, 15) is 9.18 Å². The highest BCUT2D eigenvalue weighted by Crippen LogP contribution is 2.34. The minimum Gasteiger partial charge on any atom is -0.462 e. The van der Waals surface area contributed by atoms with Crippen LogP contribution in [-0.2, 0) is 4.74 Å². The topological polar surface area (TPSA) is 44.8 Å². The first-order chi connectivity index (χ1) is 7.22. The first kappa shape index (κ1) is 9.76. The Morgan fingerprint density at radius 2 is 2.13 bits per heavy atom. The Kier molecular flexibility index (Phi) is 2.45. The molecule has 0 amide bonds. The maximum Gasteiger partial charge on any atom is 0.341 e. The van der Waals surface area contributed by atoms with Gasteiger partial charge in [0.25, 0.3) is 0 Å². The molecule has 1 aliphatic heterocycles. The third-order valence-corrected chi connectivity index (χ3v) is 1.96. The van der Waals surface area contributed by atoms with E-state index >= 15 is 0 Å². The second-order valence-corrected chi connectivity index (χ2v) is 2.91. The van der Waals surface area contributed by atoms with Gasteiger partial charge in [-0.3, -0.25) is 0 Å². The molecule has 1 aromatic rings. The zero-order valence-corrected chi connectivity index (χ0v) is 8.08. The van der Waals surface area contributed by atoms with Crippen LogP contribution in [0.5, 0.6) is 11.5 Å². The molecule has 4 nitrogen and oxygen atoms in total. The summed E-state index contributed by atoms with van der Waals surface area (Å²) >= 11 is 0. The molecule has 0 atom stereocenters. The molecule has 0 bridgehead atoms. The van der Waals surface area contributed by atoms with Crippen LogP contribution in [0.1, 0.15) is 17.3 Å². The Morgan fingerprint density at radius 3 is 2.80 bits per heavy atom. The summed E-state index contributed by atoms with van der Waals surface area (Å²) in [7, 11) is 0. The van der Waals surface area contributed by atoms with Crippen molar-refractivity contribution < 1.29 is 23.4 Å². The van der Waals surface area contributed by atoms with E-state index in [1.165, 1.54) is 6.07 Å². The van der Waals surface area contributed by atoms with Gasteiger partial charge < -0.3 is 14.2 Å². The molecular weight excluding hydrogens is 203 g/mol. The molecule has 0 saturated carbocycles. The summed E-state index contributed by atoms with van der Waals surface area (Å²) in [6.45, 7) is 1.90. The molecular formula is C10H9FO4. The van der Waals surface area contributed by atoms with Crippen LogP contribution in [0.3, 0.4) is 0 Å². The van der Waals surface area contributed by atoms with Crippen molar-refractivity contribution in [1.29, 1.82) is 0 Å². The molecule has 0 aromatic heterocycles. The van der Waals surface area contributed by atoms with Crippen LogP contribution in [0.15, 0.2) is 12.1 Å². The predicted molar refractivity (Wildman–Crippen MR) is 48.5 cm³/mol. The van der Waals surface area contributed by atoms with Gasteiger partial charge in [-0.15, -0.1) is 0 Å². The van der Waals surface area contributed by atoms with E-state index in [4.69, 9.17) is 14.2 Å². The summed E-state index contributed by atoms with van der Waals surface area (Å²) in [6, 6.07) is 2.41. The fraction of sp³-hybridized carbons (Fsp3) is 0.300. The molecule has 1 aliphatic rings. The molecule has 0 spiro atoms. The van der Waals surface area contributed by atoms with Gasteiger partial charge in [-0.1, -0.05) is 0 Å². The summed E-state index contributed by atoms with van der Waals surface area (Å²) in [5, 5.41) is 0. The summed E-state index contributed by atoms with van der Waals surface area (Å²) in [5.41, 5.74) is -0.138. The number of benzene rings is 1. The van der Waals surface area contributed by atoms with Crippen LogP contribution >= 0.6 is 0 Å². The highest BCUT2D eigenvalue weighted by molar-refractivity contribution is 5.90. The molecule has 0 aliphatic carbocycles. The number of rotatable bonds is 2. The standard InChI is InChI=1S/C10H9FO4/c1-2-13-10(12)6-3-8-9(4-7(6)11)15-5-14-8/h3-4H,2,5H2,1H3. The largest absolute Gasteiger partial charge is 0.462 e. The van der Waals surface area contributed by atoms with Crippen LogP contribution in [0.25, 0.3) is 0 Å². The third-order valence-electron chi connectivity index (χ3n) is 1.96. The molecule has 2 rings (SSSR count). The predicted octanol–water partition coefficient (Wildman–Crippen LogP) is 1.73. The number of ether oxygens (including phenoxy) is 3. The number of carbonyl (C=O) groups excluding carboxylic acids is 1. The Bertz CT molecular complexity index is 403. The average Bonchev–Trinajstić information content (AvgIpc) is 2.63. The van der Waals surface area contributed by atoms with Gasteiger partial charge in [0.2, 0.25) is 6.79 Å². The Morgan fingerprint density at radius 1 is 1.47 bits per heavy atom. The van der Waals surface area contributed by atoms with Crippen molar-refractivity contribution in [3.63, 3.8) is 0 Å². The molecule has 0 radical (unpaired) electrons. The van der Waals surface area contributed by atoms with Crippen molar-refractivity contribution in [2.45, 2.75) is 6.92 Å². The van der Waals surface area contributed by atoms with Crippen LogP contribution in [0.4, 0.5) is 4.39 Å². The lowest BCUT2D eigenvalue weighted by Gasteiger charge is -2.04. The zero-order valence-electron chi connectivity index (χ0n) is 8.08. The fourth-order valence-electron chi connectivity index (χ4n) is 1.28. The average molecular weight is 212 g/mol. The monoisotopic (exact) mass is 212 g/mol. The first-order valence-electron chi connectivity index (χ1n) is 4.48. The Hall–Kier alpha value is -1.78. The summed E-state index contributed by atoms with van der Waals surface area (Å²) < 4.78 is 28.1. The molecule has 0 fully saturated rings. The lowest BCUT2D eigenvalue weighted by atomic mass is 10.2. The van der Waals surface area contributed by atoms with E-state index in [-0.39, 0.29) is 19.0 Å². The van der Waals surface area contributed by atoms with Crippen molar-refractivity contribution in [1.82, 2.24) is 0 Å². The van der Waals surface area contributed by atoms with Crippen molar-refractivity contribution in [3.05, 3.63) is 23.5 Å². The van der Waals surface area contributed by atoms with Gasteiger partial charge in [-0.05, 0) is 6.92 Å². The van der Waals surface area contributed by atoms with E-state index < -0.39 is 11.8 Å². The Balaban J connectivity index is 2.36. The van der Waals surface area contributed by atoms with Crippen molar-refractivity contribution >= 4 is 5.97 Å². The van der Waals surface area contributed by atoms with Crippen LogP contribution in [0.2, 0.25) is 0 Å². The van der Waals surface area contributed by atoms with Crippen molar-refractivity contribution in [3.8, 4) is 11.5 Å². The van der Waals surface area contributed by atoms with Gasteiger partial charge >= 0.3 is 5.97 Å². The third kappa shape index (κ3) is 1.72. The summed E-state index contributed by atoms with van der Waals surface area (Å²) in [6.07, 6.45) is 0. The Labute approximate surface area is 85.6 Å². The quantitative estimate of drug-likeness (QED) is 0.700. The smallest absolute Gasteiger partial charge is 0.341 e. The van der Waals surface area contributed by atoms with E-state index in [1.807, 2.05) is 0 Å². The summed E-state index contributed by atoms with van der Waals surface area (Å²) in [4.78, 5) is 11.3. The van der Waals surface area contributed by atoms with E-state index in [0.29, 0.717) is 11.5 Å². The van der Waals surface area contributed by atoms with Gasteiger partial charge in [0.05, 0.1) is 12.2 Å². The fourth-order valence-corrected chi connectivity index (χ4v) is 1.28. The first-order valence-corrected chi connectivity index (χ1v) is 4.48. The molecule has 1 heterocycles. The summed E-state index contributed by atoms with van der Waals surface area (Å²) in [5.74, 6) is -0.703. The van der Waals surface area contributed by atoms with Crippen molar-refractivity contribution in [2.75, 3.05) is 13.4 Å². The minimum atomic E-state index is -0.701. The second kappa shape index (κ2) is 3.76. The molecule has 80 valence electrons. The molecule has 5 heteroatoms. The van der Waals surface area contributed by atoms with Gasteiger partial charge in [-0.25, -0.2) is 9.18 Å². The zero-order chi connectivity index (χ0) is 10.8. The number of esters is 1. The number of halogens is 1. The maximum absolute atomic E-state index is 13.4. The van der Waals surface area contributed by atoms with E-state index in [2.05, 4.69) is 0 Å². The highest BCUT2D eigenvalue weighted by Gasteiger charge is 2.21. The van der Waals surface area contributed by atoms with Crippen molar-refractivity contribution in [2.24, 2.45) is 0 Å². The molecule has 1 aromatic carbocycles. The lowest BCUT2D eigenvalue weighted by Crippen LogP contribution is -2.07. The van der Waals surface area contributed by atoms with E-state index in [1.54, 1.807) is 6.92 Å². The number of carbonyl (C=O) groups is 1. The maximum atomic E-state index is 13.4. The molecule has 0 unspecified atom stereocenters. The highest BCUT2D eigenvalue weighted by atomic mass is 19.1. The van der Waals surface area contributed by atoms with Gasteiger partial charge in [0, 0.05) is 12.1 Å². The van der Waals surface area contributed by atoms with Gasteiger partial charge in [-0.2, -0.15) is 0 Å². The molecule has 15 heavy (non-hydrogen) atoms. The number of hydrogen-bond acceptors (Lipinski definition) is 4. The van der Waals surface area contributed by atoms with Gasteiger partial charge in [0.15, 0.2) is 11.5 Å². The van der Waals surface area contributed by atoms with Crippen LogP contribution in [0, 0.1) is 5.82 Å². The van der Waals surface area contributed by atoms with Crippen LogP contribution in [-0.4, -0.2) is 19.4 Å². The normalized spacial score (nSPS) is 12.7. The van der Waals surface area contributed by atoms with E-state index in [0.717, 1.165) is 6.07 Å². The second-order valence-electron chi connectivity index (χ2n) is 2.91. The number of hydrogen-bond donors (Lipinski definition) is 0.